The molecule has 1 atom stereocenters. The highest BCUT2D eigenvalue weighted by Crippen LogP contribution is 2.38. The van der Waals surface area contributed by atoms with Crippen LogP contribution in [-0.4, -0.2) is 0 Å². The summed E-state index contributed by atoms with van der Waals surface area (Å²) in [5.41, 5.74) is 1.16. The van der Waals surface area contributed by atoms with Gasteiger partial charge in [-0.05, 0) is 61.7 Å². The smallest absolute Gasteiger partial charge is 0.0738 e. The molecule has 1 heterocycles. The molecule has 5 heteroatoms. The molecule has 1 aromatic heterocycles. The Hall–Kier alpha value is 0.650. The molecular weight excluding hydrogens is 439 g/mol. The van der Waals surface area contributed by atoms with E-state index in [0.29, 0.717) is 0 Å². The zero-order chi connectivity index (χ0) is 11.7. The third-order valence-electron chi connectivity index (χ3n) is 2.08. The van der Waals surface area contributed by atoms with Crippen molar-refractivity contribution in [3.63, 3.8) is 0 Å². The van der Waals surface area contributed by atoms with Crippen molar-refractivity contribution >= 4 is 70.7 Å². The second-order valence-corrected chi connectivity index (χ2v) is 7.85. The fourth-order valence-electron chi connectivity index (χ4n) is 1.30. The first-order valence-corrected chi connectivity index (χ1v) is 8.12. The summed E-state index contributed by atoms with van der Waals surface area (Å²) in [6.45, 7) is 0. The SMILES string of the molecule is Clc1cc(C(Br)c2ccc(Br)s2)ccc1Br. The maximum Gasteiger partial charge on any atom is 0.0738 e. The van der Waals surface area contributed by atoms with Gasteiger partial charge in [0.15, 0.2) is 0 Å². The third-order valence-corrected chi connectivity index (χ3v) is 6.33. The first-order chi connectivity index (χ1) is 7.58. The highest BCUT2D eigenvalue weighted by Gasteiger charge is 2.13. The molecular formula is C11H6Br3ClS. The van der Waals surface area contributed by atoms with E-state index in [4.69, 9.17) is 11.6 Å². The van der Waals surface area contributed by atoms with Gasteiger partial charge in [-0.25, -0.2) is 0 Å². The summed E-state index contributed by atoms with van der Waals surface area (Å²) in [7, 11) is 0. The molecule has 0 saturated carbocycles. The van der Waals surface area contributed by atoms with Crippen LogP contribution < -0.4 is 0 Å². The van der Waals surface area contributed by atoms with E-state index in [-0.39, 0.29) is 4.83 Å². The second-order valence-electron chi connectivity index (χ2n) is 3.18. The highest BCUT2D eigenvalue weighted by molar-refractivity contribution is 9.11. The standard InChI is InChI=1S/C11H6Br3ClS/c12-7-2-1-6(5-8(7)15)11(14)9-3-4-10(13)16-9/h1-5,11H. The van der Waals surface area contributed by atoms with E-state index >= 15 is 0 Å². The van der Waals surface area contributed by atoms with Crippen LogP contribution in [0, 0.1) is 0 Å². The van der Waals surface area contributed by atoms with E-state index < -0.39 is 0 Å². The Morgan fingerprint density at radius 2 is 1.88 bits per heavy atom. The number of alkyl halides is 1. The molecule has 0 aliphatic carbocycles. The molecule has 2 aromatic rings. The van der Waals surface area contributed by atoms with Crippen molar-refractivity contribution in [3.8, 4) is 0 Å². The topological polar surface area (TPSA) is 0 Å². The molecule has 1 aromatic carbocycles. The van der Waals surface area contributed by atoms with Crippen molar-refractivity contribution in [1.82, 2.24) is 0 Å². The minimum atomic E-state index is 0.189. The van der Waals surface area contributed by atoms with E-state index in [1.807, 2.05) is 12.1 Å². The van der Waals surface area contributed by atoms with Crippen LogP contribution in [0.3, 0.4) is 0 Å². The number of hydrogen-bond acceptors (Lipinski definition) is 1. The number of benzene rings is 1. The summed E-state index contributed by atoms with van der Waals surface area (Å²) in [5, 5.41) is 0.734. The van der Waals surface area contributed by atoms with E-state index in [0.717, 1.165) is 18.8 Å². The Morgan fingerprint density at radius 1 is 1.12 bits per heavy atom. The molecule has 0 radical (unpaired) electrons. The second kappa shape index (κ2) is 5.53. The first-order valence-electron chi connectivity index (χ1n) is 4.42. The molecule has 0 spiro atoms. The van der Waals surface area contributed by atoms with Gasteiger partial charge in [0.2, 0.25) is 0 Å². The van der Waals surface area contributed by atoms with Gasteiger partial charge in [0.05, 0.1) is 13.6 Å². The molecule has 0 N–H and O–H groups in total. The van der Waals surface area contributed by atoms with Gasteiger partial charge in [0.25, 0.3) is 0 Å². The van der Waals surface area contributed by atoms with Crippen molar-refractivity contribution in [3.05, 3.63) is 54.1 Å². The number of halogens is 4. The predicted octanol–water partition coefficient (Wildman–Crippen LogP) is 6.41. The largest absolute Gasteiger partial charge is 0.132 e. The van der Waals surface area contributed by atoms with Crippen molar-refractivity contribution in [1.29, 1.82) is 0 Å². The normalized spacial score (nSPS) is 12.8. The van der Waals surface area contributed by atoms with Gasteiger partial charge in [-0.2, -0.15) is 0 Å². The minimum Gasteiger partial charge on any atom is -0.132 e. The van der Waals surface area contributed by atoms with Crippen LogP contribution in [0.5, 0.6) is 0 Å². The average molecular weight is 445 g/mol. The average Bonchev–Trinajstić information content (AvgIpc) is 2.68. The summed E-state index contributed by atoms with van der Waals surface area (Å²) >= 11 is 18.3. The predicted molar refractivity (Wildman–Crippen MR) is 81.9 cm³/mol. The van der Waals surface area contributed by atoms with Gasteiger partial charge in [0.1, 0.15) is 0 Å². The van der Waals surface area contributed by atoms with E-state index in [1.54, 1.807) is 11.3 Å². The van der Waals surface area contributed by atoms with Crippen LogP contribution in [0.4, 0.5) is 0 Å². The Morgan fingerprint density at radius 3 is 2.44 bits per heavy atom. The minimum absolute atomic E-state index is 0.189. The quantitative estimate of drug-likeness (QED) is 0.469. The monoisotopic (exact) mass is 442 g/mol. The van der Waals surface area contributed by atoms with E-state index in [9.17, 15) is 0 Å². The molecule has 0 bridgehead atoms. The molecule has 0 nitrogen and oxygen atoms in total. The van der Waals surface area contributed by atoms with Crippen molar-refractivity contribution in [2.24, 2.45) is 0 Å². The van der Waals surface area contributed by atoms with Crippen LogP contribution in [0.15, 0.2) is 38.6 Å². The maximum atomic E-state index is 6.08. The first kappa shape index (κ1) is 13.1. The molecule has 16 heavy (non-hydrogen) atoms. The summed E-state index contributed by atoms with van der Waals surface area (Å²) in [6.07, 6.45) is 0. The van der Waals surface area contributed by atoms with E-state index in [2.05, 4.69) is 66.0 Å². The van der Waals surface area contributed by atoms with Crippen LogP contribution >= 0.6 is 70.7 Å². The summed E-state index contributed by atoms with van der Waals surface area (Å²) in [6, 6.07) is 10.1. The molecule has 0 amide bonds. The zero-order valence-corrected chi connectivity index (χ0v) is 14.2. The van der Waals surface area contributed by atoms with Gasteiger partial charge >= 0.3 is 0 Å². The van der Waals surface area contributed by atoms with Crippen molar-refractivity contribution < 1.29 is 0 Å². The number of thiophene rings is 1. The fourth-order valence-corrected chi connectivity index (χ4v) is 3.88. The molecule has 0 saturated heterocycles. The lowest BCUT2D eigenvalue weighted by Gasteiger charge is -2.09. The van der Waals surface area contributed by atoms with Gasteiger partial charge < -0.3 is 0 Å². The lowest BCUT2D eigenvalue weighted by atomic mass is 10.1. The molecule has 0 fully saturated rings. The van der Waals surface area contributed by atoms with Crippen LogP contribution in [0.25, 0.3) is 0 Å². The van der Waals surface area contributed by atoms with Crippen molar-refractivity contribution in [2.45, 2.75) is 4.83 Å². The van der Waals surface area contributed by atoms with E-state index in [1.165, 1.54) is 4.88 Å². The Labute approximate surface area is 128 Å². The number of rotatable bonds is 2. The number of hydrogen-bond donors (Lipinski definition) is 0. The highest BCUT2D eigenvalue weighted by atomic mass is 79.9. The van der Waals surface area contributed by atoms with Crippen molar-refractivity contribution in [2.75, 3.05) is 0 Å². The van der Waals surface area contributed by atoms with Crippen LogP contribution in [-0.2, 0) is 0 Å². The lowest BCUT2D eigenvalue weighted by molar-refractivity contribution is 1.22. The fraction of sp³-hybridized carbons (Fsp3) is 0.0909. The lowest BCUT2D eigenvalue weighted by Crippen LogP contribution is -1.89. The summed E-state index contributed by atoms with van der Waals surface area (Å²) < 4.78 is 2.06. The zero-order valence-electron chi connectivity index (χ0n) is 7.88. The van der Waals surface area contributed by atoms with Crippen LogP contribution in [0.1, 0.15) is 15.3 Å². The summed E-state index contributed by atoms with van der Waals surface area (Å²) in [5.74, 6) is 0. The van der Waals surface area contributed by atoms with Gasteiger partial charge in [0, 0.05) is 9.35 Å². The Bertz CT molecular complexity index is 510. The molecule has 0 aliphatic heterocycles. The third kappa shape index (κ3) is 2.91. The Kier molecular flexibility index (Phi) is 4.52. The molecule has 2 rings (SSSR count). The molecule has 1 unspecified atom stereocenters. The van der Waals surface area contributed by atoms with Crippen LogP contribution in [0.2, 0.25) is 5.02 Å². The van der Waals surface area contributed by atoms with Gasteiger partial charge in [-0.15, -0.1) is 11.3 Å². The maximum absolute atomic E-state index is 6.08. The summed E-state index contributed by atoms with van der Waals surface area (Å²) in [4.78, 5) is 1.44. The van der Waals surface area contributed by atoms with Gasteiger partial charge in [-0.3, -0.25) is 0 Å². The Balaban J connectivity index is 2.33. The van der Waals surface area contributed by atoms with Gasteiger partial charge in [-0.1, -0.05) is 33.6 Å². The molecule has 0 aliphatic rings. The molecule has 84 valence electrons.